The Bertz CT molecular complexity index is 457. The van der Waals surface area contributed by atoms with E-state index in [0.29, 0.717) is 18.0 Å². The highest BCUT2D eigenvalue weighted by molar-refractivity contribution is 5.98. The molecular weight excluding hydrogens is 246 g/mol. The highest BCUT2D eigenvalue weighted by Crippen LogP contribution is 2.04. The average molecular weight is 263 g/mol. The normalized spacial score (nSPS) is 10.7. The van der Waals surface area contributed by atoms with Crippen LogP contribution in [0.5, 0.6) is 0 Å². The molecule has 0 saturated heterocycles. The van der Waals surface area contributed by atoms with Gasteiger partial charge in [0.2, 0.25) is 0 Å². The topological polar surface area (TPSA) is 79.8 Å². The Hall–Kier alpha value is -2.37. The molecule has 0 aliphatic rings. The van der Waals surface area contributed by atoms with Crippen molar-refractivity contribution in [3.05, 3.63) is 30.3 Å². The van der Waals surface area contributed by atoms with E-state index in [0.717, 1.165) is 0 Å². The quantitative estimate of drug-likeness (QED) is 0.485. The van der Waals surface area contributed by atoms with Crippen molar-refractivity contribution in [3.63, 3.8) is 0 Å². The van der Waals surface area contributed by atoms with Crippen molar-refractivity contribution in [2.75, 3.05) is 11.9 Å². The molecule has 0 aliphatic carbocycles. The Balaban J connectivity index is 2.38. The molecule has 0 aliphatic heterocycles. The molecule has 6 heteroatoms. The Morgan fingerprint density at radius 2 is 1.95 bits per heavy atom. The van der Waals surface area contributed by atoms with E-state index in [9.17, 15) is 9.59 Å². The van der Waals surface area contributed by atoms with E-state index in [-0.39, 0.29) is 12.4 Å². The van der Waals surface area contributed by atoms with Crippen LogP contribution in [0, 0.1) is 0 Å². The fourth-order valence-electron chi connectivity index (χ4n) is 1.29. The van der Waals surface area contributed by atoms with Gasteiger partial charge in [0.1, 0.15) is 0 Å². The van der Waals surface area contributed by atoms with Crippen LogP contribution in [-0.2, 0) is 9.53 Å². The summed E-state index contributed by atoms with van der Waals surface area (Å²) in [5, 5.41) is 6.40. The predicted molar refractivity (Wildman–Crippen MR) is 73.0 cm³/mol. The van der Waals surface area contributed by atoms with Crippen molar-refractivity contribution in [2.24, 2.45) is 5.10 Å². The second-order valence-electron chi connectivity index (χ2n) is 3.76. The van der Waals surface area contributed by atoms with Gasteiger partial charge >= 0.3 is 12.0 Å². The number of para-hydroxylation sites is 1. The van der Waals surface area contributed by atoms with Crippen molar-refractivity contribution in [2.45, 2.75) is 20.3 Å². The number of rotatable bonds is 5. The standard InChI is InChI=1S/C13H17N3O3/c1-3-19-12(17)9-10(2)15-16-13(18)14-11-7-5-4-6-8-11/h4-8H,3,9H2,1-2H3,(H2,14,16,18)/b15-10-. The molecule has 1 rings (SSSR count). The lowest BCUT2D eigenvalue weighted by Gasteiger charge is -2.05. The summed E-state index contributed by atoms with van der Waals surface area (Å²) in [6, 6.07) is 8.53. The van der Waals surface area contributed by atoms with Gasteiger partial charge in [-0.2, -0.15) is 5.10 Å². The third-order valence-corrected chi connectivity index (χ3v) is 2.09. The van der Waals surface area contributed by atoms with Crippen LogP contribution in [0.2, 0.25) is 0 Å². The number of esters is 1. The Kier molecular flexibility index (Phi) is 6.08. The summed E-state index contributed by atoms with van der Waals surface area (Å²) < 4.78 is 4.77. The number of nitrogens with one attached hydrogen (secondary N) is 2. The van der Waals surface area contributed by atoms with E-state index >= 15 is 0 Å². The monoisotopic (exact) mass is 263 g/mol. The molecule has 0 unspecified atom stereocenters. The van der Waals surface area contributed by atoms with Crippen molar-refractivity contribution in [1.82, 2.24) is 5.43 Å². The fourth-order valence-corrected chi connectivity index (χ4v) is 1.29. The summed E-state index contributed by atoms with van der Waals surface area (Å²) in [5.74, 6) is -0.367. The lowest BCUT2D eigenvalue weighted by atomic mass is 10.3. The van der Waals surface area contributed by atoms with Crippen molar-refractivity contribution < 1.29 is 14.3 Å². The van der Waals surface area contributed by atoms with Crippen molar-refractivity contribution in [3.8, 4) is 0 Å². The first kappa shape index (κ1) is 14.7. The van der Waals surface area contributed by atoms with Crippen LogP contribution >= 0.6 is 0 Å². The first-order valence-electron chi connectivity index (χ1n) is 5.92. The van der Waals surface area contributed by atoms with Crippen molar-refractivity contribution >= 4 is 23.4 Å². The first-order valence-corrected chi connectivity index (χ1v) is 5.92. The molecule has 0 bridgehead atoms. The van der Waals surface area contributed by atoms with E-state index in [4.69, 9.17) is 4.74 Å². The van der Waals surface area contributed by atoms with Gasteiger partial charge in [0.25, 0.3) is 0 Å². The van der Waals surface area contributed by atoms with Gasteiger partial charge in [-0.25, -0.2) is 10.2 Å². The van der Waals surface area contributed by atoms with Gasteiger partial charge < -0.3 is 10.1 Å². The number of hydrazone groups is 1. The molecule has 0 fully saturated rings. The fraction of sp³-hybridized carbons (Fsp3) is 0.308. The number of carbonyl (C=O) groups excluding carboxylic acids is 2. The van der Waals surface area contributed by atoms with Gasteiger partial charge in [0.05, 0.1) is 13.0 Å². The van der Waals surface area contributed by atoms with E-state index in [1.165, 1.54) is 0 Å². The number of hydrogen-bond donors (Lipinski definition) is 2. The summed E-state index contributed by atoms with van der Waals surface area (Å²) in [6.45, 7) is 3.70. The minimum absolute atomic E-state index is 0.0550. The molecule has 19 heavy (non-hydrogen) atoms. The molecule has 0 saturated carbocycles. The van der Waals surface area contributed by atoms with Crippen LogP contribution in [-0.4, -0.2) is 24.3 Å². The van der Waals surface area contributed by atoms with Crippen LogP contribution in [0.4, 0.5) is 10.5 Å². The molecule has 2 N–H and O–H groups in total. The van der Waals surface area contributed by atoms with Crippen LogP contribution in [0.15, 0.2) is 35.4 Å². The Morgan fingerprint density at radius 1 is 1.26 bits per heavy atom. The zero-order valence-electron chi connectivity index (χ0n) is 11.0. The number of nitrogens with zero attached hydrogens (tertiary/aromatic N) is 1. The summed E-state index contributed by atoms with van der Waals surface area (Å²) in [7, 11) is 0. The molecule has 102 valence electrons. The minimum atomic E-state index is -0.464. The summed E-state index contributed by atoms with van der Waals surface area (Å²) in [6.07, 6.45) is 0.0550. The smallest absolute Gasteiger partial charge is 0.339 e. The SMILES string of the molecule is CCOC(=O)C/C(C)=N\NC(=O)Nc1ccccc1. The maximum atomic E-state index is 11.5. The highest BCUT2D eigenvalue weighted by atomic mass is 16.5. The molecular formula is C13H17N3O3. The second kappa shape index (κ2) is 7.86. The number of urea groups is 1. The third kappa shape index (κ3) is 6.21. The molecule has 0 atom stereocenters. The lowest BCUT2D eigenvalue weighted by molar-refractivity contribution is -0.141. The molecule has 1 aromatic rings. The van der Waals surface area contributed by atoms with E-state index in [2.05, 4.69) is 15.8 Å². The average Bonchev–Trinajstić information content (AvgIpc) is 2.38. The lowest BCUT2D eigenvalue weighted by Crippen LogP contribution is -2.25. The molecule has 0 heterocycles. The number of amides is 2. The van der Waals surface area contributed by atoms with Gasteiger partial charge in [-0.15, -0.1) is 0 Å². The molecule has 6 nitrogen and oxygen atoms in total. The van der Waals surface area contributed by atoms with Gasteiger partial charge in [-0.1, -0.05) is 18.2 Å². The van der Waals surface area contributed by atoms with E-state index < -0.39 is 6.03 Å². The van der Waals surface area contributed by atoms with E-state index in [1.54, 1.807) is 26.0 Å². The molecule has 2 amide bonds. The molecule has 0 radical (unpaired) electrons. The van der Waals surface area contributed by atoms with Crippen LogP contribution in [0.3, 0.4) is 0 Å². The number of carbonyl (C=O) groups is 2. The number of benzene rings is 1. The second-order valence-corrected chi connectivity index (χ2v) is 3.76. The zero-order chi connectivity index (χ0) is 14.1. The van der Waals surface area contributed by atoms with Crippen LogP contribution < -0.4 is 10.7 Å². The van der Waals surface area contributed by atoms with Gasteiger partial charge in [-0.3, -0.25) is 4.79 Å². The highest BCUT2D eigenvalue weighted by Gasteiger charge is 2.05. The van der Waals surface area contributed by atoms with Gasteiger partial charge in [0, 0.05) is 11.4 Å². The van der Waals surface area contributed by atoms with Crippen LogP contribution in [0.1, 0.15) is 20.3 Å². The van der Waals surface area contributed by atoms with Gasteiger partial charge in [-0.05, 0) is 26.0 Å². The largest absolute Gasteiger partial charge is 0.466 e. The summed E-state index contributed by atoms with van der Waals surface area (Å²) >= 11 is 0. The Morgan fingerprint density at radius 3 is 2.58 bits per heavy atom. The number of hydrogen-bond acceptors (Lipinski definition) is 4. The number of ether oxygens (including phenoxy) is 1. The van der Waals surface area contributed by atoms with Gasteiger partial charge in [0.15, 0.2) is 0 Å². The summed E-state index contributed by atoms with van der Waals surface area (Å²) in [5.41, 5.74) is 3.45. The maximum Gasteiger partial charge on any atom is 0.339 e. The third-order valence-electron chi connectivity index (χ3n) is 2.09. The first-order chi connectivity index (χ1) is 9.11. The molecule has 1 aromatic carbocycles. The summed E-state index contributed by atoms with van der Waals surface area (Å²) in [4.78, 5) is 22.6. The predicted octanol–water partition coefficient (Wildman–Crippen LogP) is 2.14. The minimum Gasteiger partial charge on any atom is -0.466 e. The van der Waals surface area contributed by atoms with E-state index in [1.807, 2.05) is 18.2 Å². The molecule has 0 aromatic heterocycles. The number of anilines is 1. The Labute approximate surface area is 111 Å². The molecule has 0 spiro atoms. The van der Waals surface area contributed by atoms with Crippen LogP contribution in [0.25, 0.3) is 0 Å². The maximum absolute atomic E-state index is 11.5. The zero-order valence-corrected chi connectivity index (χ0v) is 11.0. The van der Waals surface area contributed by atoms with Crippen molar-refractivity contribution in [1.29, 1.82) is 0 Å².